The smallest absolute Gasteiger partial charge is 0.411 e. The molecule has 3 aromatic carbocycles. The van der Waals surface area contributed by atoms with Gasteiger partial charge < -0.3 is 9.64 Å². The van der Waals surface area contributed by atoms with Gasteiger partial charge in [0.05, 0.1) is 6.10 Å². The molecule has 0 fully saturated rings. The molecule has 1 amide bonds. The summed E-state index contributed by atoms with van der Waals surface area (Å²) in [6.07, 6.45) is 7.29. The van der Waals surface area contributed by atoms with Crippen LogP contribution in [0.1, 0.15) is 42.5 Å². The summed E-state index contributed by atoms with van der Waals surface area (Å²) >= 11 is 5.74. The van der Waals surface area contributed by atoms with Crippen LogP contribution in [0.3, 0.4) is 0 Å². The maximum absolute atomic E-state index is 11.2. The summed E-state index contributed by atoms with van der Waals surface area (Å²) in [5.41, 5.74) is 7.24. The van der Waals surface area contributed by atoms with E-state index in [9.17, 15) is 4.79 Å². The number of ether oxygens (including phenoxy) is 1. The number of benzene rings is 3. The van der Waals surface area contributed by atoms with Gasteiger partial charge in [0.2, 0.25) is 0 Å². The minimum atomic E-state index is -0.470. The van der Waals surface area contributed by atoms with E-state index in [4.69, 9.17) is 16.3 Å². The Kier molecular flexibility index (Phi) is 11.7. The van der Waals surface area contributed by atoms with Crippen LogP contribution in [0.15, 0.2) is 78.9 Å². The van der Waals surface area contributed by atoms with Crippen LogP contribution in [-0.4, -0.2) is 37.7 Å². The molecule has 3 aromatic rings. The molecule has 0 saturated carbocycles. The predicted molar refractivity (Wildman–Crippen MR) is 156 cm³/mol. The maximum Gasteiger partial charge on any atom is 0.411 e. The lowest BCUT2D eigenvalue weighted by atomic mass is 9.93. The van der Waals surface area contributed by atoms with E-state index in [-0.39, 0.29) is 18.5 Å². The van der Waals surface area contributed by atoms with Gasteiger partial charge in [-0.2, -0.15) is 0 Å². The van der Waals surface area contributed by atoms with E-state index in [2.05, 4.69) is 91.1 Å². The number of hydrogen-bond acceptors (Lipinski definition) is 3. The Morgan fingerprint density at radius 1 is 0.944 bits per heavy atom. The summed E-state index contributed by atoms with van der Waals surface area (Å²) in [4.78, 5) is 13.4. The summed E-state index contributed by atoms with van der Waals surface area (Å²) in [7, 11) is 4.24. The Morgan fingerprint density at radius 2 is 1.53 bits per heavy atom. The van der Waals surface area contributed by atoms with Crippen molar-refractivity contribution in [3.63, 3.8) is 0 Å². The van der Waals surface area contributed by atoms with Gasteiger partial charge in [-0.25, -0.2) is 4.79 Å². The van der Waals surface area contributed by atoms with Crippen LogP contribution >= 0.6 is 24.0 Å². The van der Waals surface area contributed by atoms with Gasteiger partial charge in [0.25, 0.3) is 0 Å². The number of rotatable bonds is 5. The van der Waals surface area contributed by atoms with E-state index in [1.807, 2.05) is 0 Å². The van der Waals surface area contributed by atoms with Crippen LogP contribution in [0.4, 0.5) is 10.5 Å². The first-order chi connectivity index (χ1) is 16.8. The third-order valence-electron chi connectivity index (χ3n) is 5.28. The molecule has 0 unspecified atom stereocenters. The first kappa shape index (κ1) is 29.2. The van der Waals surface area contributed by atoms with Crippen molar-refractivity contribution in [2.24, 2.45) is 0 Å². The second kappa shape index (κ2) is 14.5. The zero-order chi connectivity index (χ0) is 25.2. The van der Waals surface area contributed by atoms with E-state index >= 15 is 0 Å². The van der Waals surface area contributed by atoms with Crippen molar-refractivity contribution in [1.82, 2.24) is 4.90 Å². The number of nitrogens with one attached hydrogen (secondary N) is 1. The van der Waals surface area contributed by atoms with Crippen molar-refractivity contribution >= 4 is 53.5 Å². The fourth-order valence-electron chi connectivity index (χ4n) is 3.71. The van der Waals surface area contributed by atoms with E-state index in [0.717, 1.165) is 13.0 Å². The zero-order valence-electron chi connectivity index (χ0n) is 21.2. The van der Waals surface area contributed by atoms with Gasteiger partial charge in [0.15, 0.2) is 0 Å². The van der Waals surface area contributed by atoms with Crippen LogP contribution in [0.2, 0.25) is 5.02 Å². The van der Waals surface area contributed by atoms with Crippen LogP contribution < -0.4 is 5.32 Å². The third kappa shape index (κ3) is 8.87. The summed E-state index contributed by atoms with van der Waals surface area (Å²) in [6, 6.07) is 24.2. The van der Waals surface area contributed by atoms with Crippen molar-refractivity contribution in [3.05, 3.63) is 106 Å². The lowest BCUT2D eigenvalue weighted by Crippen LogP contribution is -2.17. The highest BCUT2D eigenvalue weighted by atomic mass is 35.5. The molecule has 1 N–H and O–H groups in total. The van der Waals surface area contributed by atoms with Crippen LogP contribution in [-0.2, 0) is 4.74 Å². The number of carbonyl (C=O) groups is 1. The lowest BCUT2D eigenvalue weighted by molar-refractivity contribution is 0.130. The summed E-state index contributed by atoms with van der Waals surface area (Å²) in [6.45, 7) is 4.65. The molecular formula is C30H34Cl2N2O2. The first-order valence-electron chi connectivity index (χ1n) is 11.8. The van der Waals surface area contributed by atoms with Crippen molar-refractivity contribution in [1.29, 1.82) is 0 Å². The van der Waals surface area contributed by atoms with Crippen molar-refractivity contribution in [2.75, 3.05) is 26.0 Å². The minimum absolute atomic E-state index is 0. The highest BCUT2D eigenvalue weighted by molar-refractivity contribution is 6.30. The highest BCUT2D eigenvalue weighted by Gasteiger charge is 2.13. The minimum Gasteiger partial charge on any atom is -0.447 e. The molecule has 0 saturated heterocycles. The zero-order valence-corrected chi connectivity index (χ0v) is 22.8. The van der Waals surface area contributed by atoms with E-state index in [1.165, 1.54) is 27.8 Å². The highest BCUT2D eigenvalue weighted by Crippen LogP contribution is 2.33. The van der Waals surface area contributed by atoms with Gasteiger partial charge in [-0.1, -0.05) is 84.4 Å². The molecule has 6 heteroatoms. The van der Waals surface area contributed by atoms with Crippen LogP contribution in [0, 0.1) is 0 Å². The number of fused-ring (bicyclic) bond motifs is 2. The molecule has 0 heterocycles. The van der Waals surface area contributed by atoms with E-state index in [0.29, 0.717) is 10.7 Å². The number of halogens is 2. The molecular weight excluding hydrogens is 491 g/mol. The average Bonchev–Trinajstić information content (AvgIpc) is 2.96. The topological polar surface area (TPSA) is 41.6 Å². The average molecular weight is 526 g/mol. The van der Waals surface area contributed by atoms with Crippen LogP contribution in [0.25, 0.3) is 17.7 Å². The monoisotopic (exact) mass is 524 g/mol. The second-order valence-corrected chi connectivity index (χ2v) is 9.24. The molecule has 36 heavy (non-hydrogen) atoms. The maximum atomic E-state index is 11.2. The SMILES string of the molecule is CC(C)OC(=O)Nc1cccc(Cl)c1.CN(C)CCC=C1c2ccccc2C=Cc2ccccc21.Cl. The summed E-state index contributed by atoms with van der Waals surface area (Å²) in [5.74, 6) is 0. The molecule has 4 rings (SSSR count). The number of amides is 1. The lowest BCUT2D eigenvalue weighted by Gasteiger charge is -2.13. The Bertz CT molecular complexity index is 1150. The number of carbonyl (C=O) groups excluding carboxylic acids is 1. The molecule has 0 radical (unpaired) electrons. The quantitative estimate of drug-likeness (QED) is 0.285. The van der Waals surface area contributed by atoms with Crippen molar-refractivity contribution < 1.29 is 9.53 Å². The molecule has 0 aromatic heterocycles. The van der Waals surface area contributed by atoms with E-state index in [1.54, 1.807) is 38.1 Å². The normalized spacial score (nSPS) is 11.4. The van der Waals surface area contributed by atoms with Gasteiger partial charge >= 0.3 is 6.09 Å². The van der Waals surface area contributed by atoms with Gasteiger partial charge in [-0.05, 0) is 80.4 Å². The molecule has 0 aliphatic heterocycles. The predicted octanol–water partition coefficient (Wildman–Crippen LogP) is 8.27. The molecule has 0 atom stereocenters. The molecule has 4 nitrogen and oxygen atoms in total. The molecule has 0 spiro atoms. The largest absolute Gasteiger partial charge is 0.447 e. The summed E-state index contributed by atoms with van der Waals surface area (Å²) < 4.78 is 4.90. The van der Waals surface area contributed by atoms with Gasteiger partial charge in [0, 0.05) is 17.3 Å². The van der Waals surface area contributed by atoms with Gasteiger partial charge in [-0.3, -0.25) is 5.32 Å². The molecule has 1 aliphatic rings. The third-order valence-corrected chi connectivity index (χ3v) is 5.52. The van der Waals surface area contributed by atoms with Crippen molar-refractivity contribution in [3.8, 4) is 0 Å². The Labute approximate surface area is 226 Å². The van der Waals surface area contributed by atoms with Crippen LogP contribution in [0.5, 0.6) is 0 Å². The number of hydrogen-bond donors (Lipinski definition) is 1. The fourth-order valence-corrected chi connectivity index (χ4v) is 3.90. The Morgan fingerprint density at radius 3 is 2.06 bits per heavy atom. The second-order valence-electron chi connectivity index (χ2n) is 8.81. The summed E-state index contributed by atoms with van der Waals surface area (Å²) in [5, 5.41) is 3.14. The fraction of sp³-hybridized carbons (Fsp3) is 0.233. The molecule has 1 aliphatic carbocycles. The van der Waals surface area contributed by atoms with Gasteiger partial charge in [0.1, 0.15) is 0 Å². The number of nitrogens with zero attached hydrogens (tertiary/aromatic N) is 1. The molecule has 0 bridgehead atoms. The molecule has 190 valence electrons. The standard InChI is InChI=1S/C20H21N.C10H12ClNO2.ClH/c1-21(2)15-7-12-20-18-10-5-3-8-16(18)13-14-17-9-4-6-11-19(17)20;1-7(2)14-10(13)12-9-5-3-4-8(11)6-9;/h3-6,8-14H,7,15H2,1-2H3;3-7H,1-2H3,(H,12,13);1H. The van der Waals surface area contributed by atoms with Gasteiger partial charge in [-0.15, -0.1) is 12.4 Å². The Hall–Kier alpha value is -3.05. The van der Waals surface area contributed by atoms with Crippen molar-refractivity contribution in [2.45, 2.75) is 26.4 Å². The van der Waals surface area contributed by atoms with E-state index < -0.39 is 6.09 Å². The first-order valence-corrected chi connectivity index (χ1v) is 12.2. The Balaban J connectivity index is 0.000000268. The number of anilines is 1.